The van der Waals surface area contributed by atoms with Crippen LogP contribution in [-0.2, 0) is 4.74 Å². The molecule has 0 atom stereocenters. The van der Waals surface area contributed by atoms with Crippen molar-refractivity contribution in [1.82, 2.24) is 23.7 Å². The van der Waals surface area contributed by atoms with E-state index in [1.165, 1.54) is 11.5 Å². The van der Waals surface area contributed by atoms with E-state index in [1.807, 2.05) is 34.0 Å². The lowest BCUT2D eigenvalue weighted by Gasteiger charge is -2.23. The van der Waals surface area contributed by atoms with E-state index in [0.29, 0.717) is 30.5 Å². The first-order valence-corrected chi connectivity index (χ1v) is 15.2. The molecule has 4 heterocycles. The molecular formula is C20H24N6O2S2Si. The minimum Gasteiger partial charge on any atom is -0.361 e. The number of anilines is 2. The highest BCUT2D eigenvalue weighted by molar-refractivity contribution is 7.13. The second-order valence-electron chi connectivity index (χ2n) is 8.36. The van der Waals surface area contributed by atoms with Gasteiger partial charge < -0.3 is 4.74 Å². The molecule has 0 radical (unpaired) electrons. The molecule has 11 heteroatoms. The van der Waals surface area contributed by atoms with E-state index >= 15 is 0 Å². The van der Waals surface area contributed by atoms with Crippen molar-refractivity contribution < 1.29 is 9.53 Å². The van der Waals surface area contributed by atoms with E-state index in [0.717, 1.165) is 33.7 Å². The van der Waals surface area contributed by atoms with Gasteiger partial charge in [-0.15, -0.1) is 11.3 Å². The minimum atomic E-state index is -1.21. The van der Waals surface area contributed by atoms with Gasteiger partial charge in [0.1, 0.15) is 28.1 Å². The van der Waals surface area contributed by atoms with Crippen LogP contribution in [0.5, 0.6) is 0 Å². The number of aldehydes is 1. The molecule has 0 spiro atoms. The molecule has 0 aliphatic carbocycles. The van der Waals surface area contributed by atoms with Gasteiger partial charge in [0.25, 0.3) is 0 Å². The van der Waals surface area contributed by atoms with Gasteiger partial charge in [-0.1, -0.05) is 19.6 Å². The second-order valence-corrected chi connectivity index (χ2v) is 15.7. The number of nitrogens with zero attached hydrogens (tertiary/aromatic N) is 6. The van der Waals surface area contributed by atoms with Crippen molar-refractivity contribution in [3.8, 4) is 10.7 Å². The number of hydrogen-bond acceptors (Lipinski definition) is 9. The molecule has 4 rings (SSSR count). The van der Waals surface area contributed by atoms with Crippen molar-refractivity contribution in [3.05, 3.63) is 41.4 Å². The monoisotopic (exact) mass is 472 g/mol. The fourth-order valence-electron chi connectivity index (χ4n) is 3.00. The maximum atomic E-state index is 11.2. The maximum absolute atomic E-state index is 11.2. The Kier molecular flexibility index (Phi) is 6.28. The van der Waals surface area contributed by atoms with E-state index in [2.05, 4.69) is 34.0 Å². The van der Waals surface area contributed by atoms with Crippen molar-refractivity contribution in [2.75, 3.05) is 18.2 Å². The molecule has 0 amide bonds. The largest absolute Gasteiger partial charge is 0.361 e. The molecule has 0 aromatic carbocycles. The van der Waals surface area contributed by atoms with Crippen molar-refractivity contribution in [3.63, 3.8) is 0 Å². The molecule has 162 valence electrons. The van der Waals surface area contributed by atoms with Crippen molar-refractivity contribution in [2.24, 2.45) is 0 Å². The van der Waals surface area contributed by atoms with Gasteiger partial charge in [0.15, 0.2) is 17.8 Å². The van der Waals surface area contributed by atoms with E-state index in [1.54, 1.807) is 23.6 Å². The molecule has 4 aromatic heterocycles. The third kappa shape index (κ3) is 4.90. The average Bonchev–Trinajstić information content (AvgIpc) is 3.46. The first kappa shape index (κ1) is 21.7. The van der Waals surface area contributed by atoms with Crippen molar-refractivity contribution in [1.29, 1.82) is 0 Å². The number of carbonyl (C=O) groups excluding carboxylic acids is 1. The van der Waals surface area contributed by atoms with Crippen LogP contribution in [0.3, 0.4) is 0 Å². The molecule has 0 saturated carbocycles. The Hall–Kier alpha value is -2.47. The number of hydrogen-bond donors (Lipinski definition) is 0. The van der Waals surface area contributed by atoms with Gasteiger partial charge in [-0.25, -0.2) is 15.0 Å². The molecule has 0 aliphatic heterocycles. The van der Waals surface area contributed by atoms with E-state index in [9.17, 15) is 4.79 Å². The Morgan fingerprint density at radius 2 is 2.13 bits per heavy atom. The normalized spacial score (nSPS) is 11.9. The molecule has 8 nitrogen and oxygen atoms in total. The highest BCUT2D eigenvalue weighted by Gasteiger charge is 2.22. The summed E-state index contributed by atoms with van der Waals surface area (Å²) in [6.45, 7) is 9.89. The van der Waals surface area contributed by atoms with Gasteiger partial charge in [0.05, 0.1) is 11.9 Å². The first-order valence-electron chi connectivity index (χ1n) is 9.87. The second kappa shape index (κ2) is 8.95. The summed E-state index contributed by atoms with van der Waals surface area (Å²) in [6.07, 6.45) is 6.30. The topological polar surface area (TPSA) is 85.5 Å². The molecule has 31 heavy (non-hydrogen) atoms. The molecule has 0 bridgehead atoms. The van der Waals surface area contributed by atoms with Crippen LogP contribution in [0.4, 0.5) is 10.8 Å². The Balaban J connectivity index is 1.74. The first-order chi connectivity index (χ1) is 14.9. The predicted octanol–water partition coefficient (Wildman–Crippen LogP) is 4.88. The fourth-order valence-corrected chi connectivity index (χ4v) is 5.11. The minimum absolute atomic E-state index is 0.302. The highest BCUT2D eigenvalue weighted by atomic mass is 32.1. The molecule has 0 fully saturated rings. The zero-order valence-corrected chi connectivity index (χ0v) is 20.5. The maximum Gasteiger partial charge on any atom is 0.181 e. The average molecular weight is 473 g/mol. The lowest BCUT2D eigenvalue weighted by Crippen LogP contribution is -2.26. The van der Waals surface area contributed by atoms with Crippen molar-refractivity contribution >= 4 is 53.7 Å². The smallest absolute Gasteiger partial charge is 0.181 e. The third-order valence-corrected chi connectivity index (χ3v) is 7.95. The zero-order valence-electron chi connectivity index (χ0n) is 17.9. The Morgan fingerprint density at radius 1 is 1.29 bits per heavy atom. The van der Waals surface area contributed by atoms with Crippen LogP contribution in [0.1, 0.15) is 16.2 Å². The number of aryl methyl sites for hydroxylation is 1. The standard InChI is InChI=1S/C20H24N6O2S2Si/c1-14-11-25-16(20-21-5-7-29-20)10-22-18(25)19(23-14)26(13-28-6-8-31(2,3)4)17-9-15(12-27)24-30-17/h5,7,9-12H,6,8,13H2,1-4H3. The SMILES string of the molecule is Cc1cn2c(-c3nccs3)cnc2c(N(COCC[Si](C)(C)C)c2cc(C=O)ns2)n1. The fraction of sp³-hybridized carbons (Fsp3) is 0.350. The summed E-state index contributed by atoms with van der Waals surface area (Å²) >= 11 is 2.81. The molecule has 0 N–H and O–H groups in total. The summed E-state index contributed by atoms with van der Waals surface area (Å²) in [5.41, 5.74) is 2.84. The van der Waals surface area contributed by atoms with Gasteiger partial charge in [-0.3, -0.25) is 14.1 Å². The van der Waals surface area contributed by atoms with Crippen LogP contribution in [-0.4, -0.2) is 51.4 Å². The van der Waals surface area contributed by atoms with Gasteiger partial charge in [-0.2, -0.15) is 4.37 Å². The van der Waals surface area contributed by atoms with Crippen LogP contribution in [0, 0.1) is 6.92 Å². The molecular weight excluding hydrogens is 448 g/mol. The number of aromatic nitrogens is 5. The summed E-state index contributed by atoms with van der Waals surface area (Å²) < 4.78 is 12.3. The summed E-state index contributed by atoms with van der Waals surface area (Å²) in [5.74, 6) is 0.664. The van der Waals surface area contributed by atoms with E-state index < -0.39 is 8.07 Å². The van der Waals surface area contributed by atoms with Crippen LogP contribution >= 0.6 is 22.9 Å². The van der Waals surface area contributed by atoms with E-state index in [4.69, 9.17) is 9.72 Å². The lowest BCUT2D eigenvalue weighted by molar-refractivity contribution is 0.112. The highest BCUT2D eigenvalue weighted by Crippen LogP contribution is 2.33. The number of thiazole rings is 1. The quantitative estimate of drug-likeness (QED) is 0.148. The lowest BCUT2D eigenvalue weighted by atomic mass is 10.4. The summed E-state index contributed by atoms with van der Waals surface area (Å²) in [6, 6.07) is 2.82. The third-order valence-electron chi connectivity index (χ3n) is 4.62. The number of fused-ring (bicyclic) bond motifs is 1. The van der Waals surface area contributed by atoms with Gasteiger partial charge in [-0.05, 0) is 24.5 Å². The molecule has 0 unspecified atom stereocenters. The zero-order chi connectivity index (χ0) is 22.0. The van der Waals surface area contributed by atoms with E-state index in [-0.39, 0.29) is 0 Å². The molecule has 4 aromatic rings. The Labute approximate surface area is 189 Å². The molecule has 0 aliphatic rings. The van der Waals surface area contributed by atoms with Crippen LogP contribution in [0.2, 0.25) is 25.7 Å². The number of imidazole rings is 1. The van der Waals surface area contributed by atoms with Crippen LogP contribution in [0.15, 0.2) is 30.0 Å². The summed E-state index contributed by atoms with van der Waals surface area (Å²) in [5, 5.41) is 3.62. The predicted molar refractivity (Wildman–Crippen MR) is 127 cm³/mol. The summed E-state index contributed by atoms with van der Waals surface area (Å²) in [4.78, 5) is 27.0. The summed E-state index contributed by atoms with van der Waals surface area (Å²) in [7, 11) is -1.21. The number of rotatable bonds is 9. The van der Waals surface area contributed by atoms with Crippen LogP contribution in [0.25, 0.3) is 16.3 Å². The molecule has 0 saturated heterocycles. The van der Waals surface area contributed by atoms with Crippen molar-refractivity contribution in [2.45, 2.75) is 32.6 Å². The van der Waals surface area contributed by atoms with Gasteiger partial charge >= 0.3 is 0 Å². The Bertz CT molecular complexity index is 1180. The van der Waals surface area contributed by atoms with Crippen LogP contribution < -0.4 is 4.90 Å². The number of carbonyl (C=O) groups is 1. The Morgan fingerprint density at radius 3 is 2.81 bits per heavy atom. The van der Waals surface area contributed by atoms with Gasteiger partial charge in [0.2, 0.25) is 0 Å². The van der Waals surface area contributed by atoms with Gasteiger partial charge in [0, 0.05) is 38.5 Å². The number of ether oxygens (including phenoxy) is 1.